The van der Waals surface area contributed by atoms with Crippen LogP contribution in [0.5, 0.6) is 11.5 Å². The molecule has 0 unspecified atom stereocenters. The molecule has 0 spiro atoms. The number of rotatable bonds is 8. The Balaban J connectivity index is 1.36. The molecule has 1 saturated heterocycles. The fraction of sp³-hybridized carbons (Fsp3) is 0.391. The minimum atomic E-state index is 0.224. The van der Waals surface area contributed by atoms with Crippen LogP contribution in [-0.2, 0) is 13.1 Å². The van der Waals surface area contributed by atoms with Crippen LogP contribution < -0.4 is 9.47 Å². The first-order valence-electron chi connectivity index (χ1n) is 10.4. The second-order valence-electron chi connectivity index (χ2n) is 7.60. The average Bonchev–Trinajstić information content (AvgIpc) is 3.27. The van der Waals surface area contributed by atoms with Gasteiger partial charge in [0.05, 0.1) is 13.7 Å². The number of hydrogen-bond acceptors (Lipinski definition) is 7. The molecule has 8 heteroatoms. The van der Waals surface area contributed by atoms with Gasteiger partial charge in [0.15, 0.2) is 11.5 Å². The van der Waals surface area contributed by atoms with Gasteiger partial charge in [0.25, 0.3) is 0 Å². The summed E-state index contributed by atoms with van der Waals surface area (Å²) >= 11 is 0. The number of aromatic nitrogens is 5. The molecule has 2 aromatic heterocycles. The van der Waals surface area contributed by atoms with Crippen molar-refractivity contribution in [1.29, 1.82) is 0 Å². The molecule has 1 atom stereocenters. The van der Waals surface area contributed by atoms with Crippen molar-refractivity contribution in [2.75, 3.05) is 26.8 Å². The predicted octanol–water partition coefficient (Wildman–Crippen LogP) is 2.67. The second kappa shape index (κ2) is 10.0. The van der Waals surface area contributed by atoms with E-state index in [9.17, 15) is 0 Å². The van der Waals surface area contributed by atoms with Crippen molar-refractivity contribution in [1.82, 2.24) is 30.1 Å². The first-order valence-corrected chi connectivity index (χ1v) is 10.4. The summed E-state index contributed by atoms with van der Waals surface area (Å²) in [5.41, 5.74) is 1.92. The highest BCUT2D eigenvalue weighted by Crippen LogP contribution is 2.29. The zero-order valence-electron chi connectivity index (χ0n) is 17.6. The monoisotopic (exact) mass is 418 g/mol. The molecule has 8 nitrogen and oxygen atoms in total. The van der Waals surface area contributed by atoms with Gasteiger partial charge in [-0.3, -0.25) is 9.88 Å². The number of likely N-dealkylation sites (tertiary alicyclic amines) is 1. The Morgan fingerprint density at radius 2 is 2.16 bits per heavy atom. The quantitative estimate of drug-likeness (QED) is 0.521. The molecule has 1 fully saturated rings. The molecule has 0 saturated carbocycles. The van der Waals surface area contributed by atoms with Crippen LogP contribution in [-0.4, -0.2) is 56.9 Å². The lowest BCUT2D eigenvalue weighted by Gasteiger charge is -2.32. The van der Waals surface area contributed by atoms with Gasteiger partial charge in [-0.15, -0.1) is 16.6 Å². The SMILES string of the molecule is C#CCOc1ccc(CN2CCC[C@H](Cn3nnc(-c4ccccn4)n3)C2)cc1OC. The van der Waals surface area contributed by atoms with Crippen LogP contribution in [0.25, 0.3) is 11.5 Å². The number of methoxy groups -OCH3 is 1. The van der Waals surface area contributed by atoms with Gasteiger partial charge in [-0.1, -0.05) is 18.1 Å². The molecule has 0 bridgehead atoms. The van der Waals surface area contributed by atoms with Crippen LogP contribution in [0.3, 0.4) is 0 Å². The average molecular weight is 419 g/mol. The van der Waals surface area contributed by atoms with Gasteiger partial charge < -0.3 is 9.47 Å². The molecule has 1 aromatic carbocycles. The van der Waals surface area contributed by atoms with Gasteiger partial charge in [-0.2, -0.15) is 4.80 Å². The summed E-state index contributed by atoms with van der Waals surface area (Å²) in [5.74, 6) is 4.88. The highest BCUT2D eigenvalue weighted by molar-refractivity contribution is 5.46. The normalized spacial score (nSPS) is 16.6. The van der Waals surface area contributed by atoms with Crippen molar-refractivity contribution >= 4 is 0 Å². The highest BCUT2D eigenvalue weighted by Gasteiger charge is 2.22. The van der Waals surface area contributed by atoms with E-state index in [1.165, 1.54) is 5.56 Å². The molecule has 1 aliphatic heterocycles. The number of benzene rings is 1. The van der Waals surface area contributed by atoms with Gasteiger partial charge in [0, 0.05) is 19.3 Å². The maximum Gasteiger partial charge on any atom is 0.223 e. The Hall–Kier alpha value is -3.44. The van der Waals surface area contributed by atoms with E-state index < -0.39 is 0 Å². The van der Waals surface area contributed by atoms with E-state index in [0.29, 0.717) is 23.2 Å². The zero-order chi connectivity index (χ0) is 21.5. The Morgan fingerprint density at radius 1 is 1.23 bits per heavy atom. The molecule has 0 aliphatic carbocycles. The first kappa shape index (κ1) is 20.8. The van der Waals surface area contributed by atoms with Crippen LogP contribution in [0, 0.1) is 18.3 Å². The standard InChI is InChI=1S/C23H26N6O2/c1-3-13-31-21-10-9-18(14-22(21)30-2)15-28-12-6-7-19(16-28)17-29-26-23(25-27-29)20-8-4-5-11-24-20/h1,4-5,8-11,14,19H,6-7,12-13,15-17H2,2H3/t19-/m0/s1. The van der Waals surface area contributed by atoms with Crippen molar-refractivity contribution in [3.63, 3.8) is 0 Å². The first-order chi connectivity index (χ1) is 15.2. The van der Waals surface area contributed by atoms with Crippen LogP contribution >= 0.6 is 0 Å². The minimum absolute atomic E-state index is 0.224. The summed E-state index contributed by atoms with van der Waals surface area (Å²) in [7, 11) is 1.64. The molecular formula is C23H26N6O2. The van der Waals surface area contributed by atoms with E-state index in [1.807, 2.05) is 30.3 Å². The summed E-state index contributed by atoms with van der Waals surface area (Å²) in [6.07, 6.45) is 9.31. The van der Waals surface area contributed by atoms with Crippen LogP contribution in [0.15, 0.2) is 42.6 Å². The largest absolute Gasteiger partial charge is 0.493 e. The van der Waals surface area contributed by atoms with E-state index in [0.717, 1.165) is 44.7 Å². The molecular weight excluding hydrogens is 392 g/mol. The van der Waals surface area contributed by atoms with Crippen molar-refractivity contribution < 1.29 is 9.47 Å². The predicted molar refractivity (Wildman–Crippen MR) is 116 cm³/mol. The molecule has 31 heavy (non-hydrogen) atoms. The summed E-state index contributed by atoms with van der Waals surface area (Å²) in [6.45, 7) is 3.88. The Bertz CT molecular complexity index is 1030. The summed E-state index contributed by atoms with van der Waals surface area (Å²) in [4.78, 5) is 8.44. The number of nitrogens with zero attached hydrogens (tertiary/aromatic N) is 6. The number of tetrazole rings is 1. The van der Waals surface area contributed by atoms with Gasteiger partial charge in [0.2, 0.25) is 5.82 Å². The maximum absolute atomic E-state index is 5.54. The fourth-order valence-corrected chi connectivity index (χ4v) is 3.90. The highest BCUT2D eigenvalue weighted by atomic mass is 16.5. The van der Waals surface area contributed by atoms with Crippen molar-refractivity contribution in [3.05, 3.63) is 48.2 Å². The topological polar surface area (TPSA) is 78.2 Å². The van der Waals surface area contributed by atoms with Crippen LogP contribution in [0.1, 0.15) is 18.4 Å². The van der Waals surface area contributed by atoms with Gasteiger partial charge in [-0.25, -0.2) is 0 Å². The lowest BCUT2D eigenvalue weighted by Crippen LogP contribution is -2.36. The minimum Gasteiger partial charge on any atom is -0.493 e. The number of pyridine rings is 1. The lowest BCUT2D eigenvalue weighted by molar-refractivity contribution is 0.149. The fourth-order valence-electron chi connectivity index (χ4n) is 3.90. The molecule has 0 amide bonds. The summed E-state index contributed by atoms with van der Waals surface area (Å²) in [6, 6.07) is 11.7. The lowest BCUT2D eigenvalue weighted by atomic mass is 9.97. The molecule has 1 aliphatic rings. The summed E-state index contributed by atoms with van der Waals surface area (Å²) < 4.78 is 11.0. The van der Waals surface area contributed by atoms with Gasteiger partial charge in [-0.05, 0) is 60.3 Å². The van der Waals surface area contributed by atoms with Crippen LogP contribution in [0.2, 0.25) is 0 Å². The Kier molecular flexibility index (Phi) is 6.75. The van der Waals surface area contributed by atoms with E-state index in [1.54, 1.807) is 18.1 Å². The van der Waals surface area contributed by atoms with Gasteiger partial charge >= 0.3 is 0 Å². The van der Waals surface area contributed by atoms with E-state index in [2.05, 4.69) is 37.3 Å². The third kappa shape index (κ3) is 5.38. The van der Waals surface area contributed by atoms with E-state index in [-0.39, 0.29) is 6.61 Å². The third-order valence-corrected chi connectivity index (χ3v) is 5.32. The second-order valence-corrected chi connectivity index (χ2v) is 7.60. The van der Waals surface area contributed by atoms with E-state index >= 15 is 0 Å². The molecule has 160 valence electrons. The number of ether oxygens (including phenoxy) is 2. The van der Waals surface area contributed by atoms with Crippen LogP contribution in [0.4, 0.5) is 0 Å². The molecule has 0 N–H and O–H groups in total. The number of piperidine rings is 1. The number of terminal acetylenes is 1. The van der Waals surface area contributed by atoms with Crippen molar-refractivity contribution in [2.45, 2.75) is 25.9 Å². The third-order valence-electron chi connectivity index (χ3n) is 5.32. The van der Waals surface area contributed by atoms with Crippen molar-refractivity contribution in [2.24, 2.45) is 5.92 Å². The molecule has 0 radical (unpaired) electrons. The zero-order valence-corrected chi connectivity index (χ0v) is 17.6. The molecule has 3 aromatic rings. The molecule has 4 rings (SSSR count). The smallest absolute Gasteiger partial charge is 0.223 e. The summed E-state index contributed by atoms with van der Waals surface area (Å²) in [5, 5.41) is 12.9. The Morgan fingerprint density at radius 3 is 2.97 bits per heavy atom. The number of hydrogen-bond donors (Lipinski definition) is 0. The van der Waals surface area contributed by atoms with Crippen molar-refractivity contribution in [3.8, 4) is 35.4 Å². The molecule has 3 heterocycles. The maximum atomic E-state index is 5.54. The van der Waals surface area contributed by atoms with E-state index in [4.69, 9.17) is 15.9 Å². The Labute approximate surface area is 182 Å². The van der Waals surface area contributed by atoms with Gasteiger partial charge in [0.1, 0.15) is 12.3 Å².